The number of ketones is 2. The predicted octanol–water partition coefficient (Wildman–Crippen LogP) is 4.48. The third kappa shape index (κ3) is 6.76. The van der Waals surface area contributed by atoms with Crippen molar-refractivity contribution in [1.82, 2.24) is 0 Å². The van der Waals surface area contributed by atoms with E-state index in [-0.39, 0.29) is 29.9 Å². The van der Waals surface area contributed by atoms with Crippen LogP contribution in [0.1, 0.15) is 84.9 Å². The summed E-state index contributed by atoms with van der Waals surface area (Å²) in [7, 11) is 0. The molecule has 0 saturated heterocycles. The van der Waals surface area contributed by atoms with Crippen molar-refractivity contribution in [3.63, 3.8) is 0 Å². The Morgan fingerprint density at radius 2 is 1.32 bits per heavy atom. The number of esters is 1. The van der Waals surface area contributed by atoms with E-state index in [0.717, 1.165) is 51.0 Å². The molecule has 6 heteroatoms. The zero-order valence-electron chi connectivity index (χ0n) is 15.9. The van der Waals surface area contributed by atoms with E-state index in [2.05, 4.69) is 0 Å². The van der Waals surface area contributed by atoms with E-state index in [4.69, 9.17) is 9.84 Å². The van der Waals surface area contributed by atoms with Crippen molar-refractivity contribution in [2.45, 2.75) is 64.2 Å². The van der Waals surface area contributed by atoms with Gasteiger partial charge in [-0.15, -0.1) is 0 Å². The van der Waals surface area contributed by atoms with Crippen molar-refractivity contribution >= 4 is 23.5 Å². The molecular formula is C22H26O6. The second-order valence-corrected chi connectivity index (χ2v) is 6.94. The van der Waals surface area contributed by atoms with Gasteiger partial charge in [-0.05, 0) is 12.8 Å². The Bertz CT molecular complexity index is 762. The maximum absolute atomic E-state index is 12.3. The van der Waals surface area contributed by atoms with Crippen LogP contribution in [-0.4, -0.2) is 28.6 Å². The molecule has 0 aromatic heterocycles. The van der Waals surface area contributed by atoms with Crippen LogP contribution < -0.4 is 0 Å². The molecule has 1 aliphatic rings. The van der Waals surface area contributed by atoms with E-state index in [0.29, 0.717) is 12.0 Å². The number of allylic oxidation sites excluding steroid dienone is 2. The fourth-order valence-electron chi connectivity index (χ4n) is 3.15. The molecule has 0 atom stereocenters. The molecule has 1 N–H and O–H groups in total. The summed E-state index contributed by atoms with van der Waals surface area (Å²) >= 11 is 0. The maximum atomic E-state index is 12.3. The fraction of sp³-hybridized carbons (Fsp3) is 0.455. The first-order chi connectivity index (χ1) is 13.5. The van der Waals surface area contributed by atoms with Gasteiger partial charge in [-0.3, -0.25) is 19.2 Å². The number of aliphatic carboxylic acids is 1. The van der Waals surface area contributed by atoms with Crippen LogP contribution in [0.2, 0.25) is 0 Å². The molecule has 1 aromatic rings. The molecule has 0 fully saturated rings. The number of hydrogen-bond donors (Lipinski definition) is 1. The van der Waals surface area contributed by atoms with Crippen LogP contribution in [0.25, 0.3) is 0 Å². The van der Waals surface area contributed by atoms with Gasteiger partial charge in [-0.2, -0.15) is 0 Å². The SMILES string of the molecule is O=C(O)CCCCCCCCCCC(=O)OC1=CC(=O)c2ccccc2C1=O. The predicted molar refractivity (Wildman–Crippen MR) is 103 cm³/mol. The van der Waals surface area contributed by atoms with Crippen molar-refractivity contribution in [3.05, 3.63) is 47.2 Å². The number of fused-ring (bicyclic) bond motifs is 1. The van der Waals surface area contributed by atoms with E-state index in [1.165, 1.54) is 0 Å². The second-order valence-electron chi connectivity index (χ2n) is 6.94. The normalized spacial score (nSPS) is 13.1. The Labute approximate surface area is 164 Å². The number of benzene rings is 1. The minimum absolute atomic E-state index is 0.199. The van der Waals surface area contributed by atoms with E-state index >= 15 is 0 Å². The first-order valence-corrected chi connectivity index (χ1v) is 9.81. The number of unbranched alkanes of at least 4 members (excludes halogenated alkanes) is 7. The lowest BCUT2D eigenvalue weighted by Crippen LogP contribution is -2.20. The highest BCUT2D eigenvalue weighted by Gasteiger charge is 2.27. The lowest BCUT2D eigenvalue weighted by Gasteiger charge is -2.14. The number of rotatable bonds is 12. The first-order valence-electron chi connectivity index (χ1n) is 9.81. The molecule has 1 aliphatic carbocycles. The molecule has 6 nitrogen and oxygen atoms in total. The highest BCUT2D eigenvalue weighted by molar-refractivity contribution is 6.24. The van der Waals surface area contributed by atoms with E-state index < -0.39 is 17.7 Å². The Balaban J connectivity index is 1.60. The molecule has 0 radical (unpaired) electrons. The van der Waals surface area contributed by atoms with E-state index in [1.807, 2.05) is 0 Å². The van der Waals surface area contributed by atoms with Crippen molar-refractivity contribution in [3.8, 4) is 0 Å². The number of hydrogen-bond acceptors (Lipinski definition) is 5. The van der Waals surface area contributed by atoms with Gasteiger partial charge in [0.25, 0.3) is 0 Å². The number of carbonyl (C=O) groups excluding carboxylic acids is 3. The summed E-state index contributed by atoms with van der Waals surface area (Å²) < 4.78 is 5.13. The second kappa shape index (κ2) is 11.2. The Kier molecular flexibility index (Phi) is 8.59. The Morgan fingerprint density at radius 1 is 0.786 bits per heavy atom. The van der Waals surface area contributed by atoms with Gasteiger partial charge in [0, 0.05) is 30.0 Å². The average molecular weight is 386 g/mol. The lowest BCUT2D eigenvalue weighted by atomic mass is 9.94. The van der Waals surface area contributed by atoms with Gasteiger partial charge in [0.1, 0.15) is 0 Å². The van der Waals surface area contributed by atoms with Crippen LogP contribution in [0.5, 0.6) is 0 Å². The van der Waals surface area contributed by atoms with E-state index in [9.17, 15) is 19.2 Å². The van der Waals surface area contributed by atoms with Gasteiger partial charge < -0.3 is 9.84 Å². The molecule has 1 aromatic carbocycles. The molecule has 0 bridgehead atoms. The van der Waals surface area contributed by atoms with E-state index in [1.54, 1.807) is 24.3 Å². The third-order valence-electron chi connectivity index (χ3n) is 4.67. The molecule has 28 heavy (non-hydrogen) atoms. The Hall–Kier alpha value is -2.76. The smallest absolute Gasteiger partial charge is 0.311 e. The summed E-state index contributed by atoms with van der Waals surface area (Å²) in [6.07, 6.45) is 8.89. The third-order valence-corrected chi connectivity index (χ3v) is 4.67. The number of carboxylic acid groups (broad SMARTS) is 1. The van der Waals surface area contributed by atoms with Gasteiger partial charge in [-0.25, -0.2) is 0 Å². The van der Waals surface area contributed by atoms with Gasteiger partial charge in [0.05, 0.1) is 0 Å². The molecule has 0 heterocycles. The molecule has 0 saturated carbocycles. The van der Waals surface area contributed by atoms with Gasteiger partial charge in [-0.1, -0.05) is 62.8 Å². The monoisotopic (exact) mass is 386 g/mol. The number of carboxylic acids is 1. The van der Waals surface area contributed by atoms with Crippen LogP contribution in [0, 0.1) is 0 Å². The summed E-state index contributed by atoms with van der Waals surface area (Å²) in [5.41, 5.74) is 0.594. The lowest BCUT2D eigenvalue weighted by molar-refractivity contribution is -0.139. The summed E-state index contributed by atoms with van der Waals surface area (Å²) in [6.45, 7) is 0. The van der Waals surface area contributed by atoms with Crippen LogP contribution in [0.15, 0.2) is 36.1 Å². The molecular weight excluding hydrogens is 360 g/mol. The molecule has 0 unspecified atom stereocenters. The van der Waals surface area contributed by atoms with Crippen molar-refractivity contribution in [1.29, 1.82) is 0 Å². The summed E-state index contributed by atoms with van der Waals surface area (Å²) in [5.74, 6) is -2.21. The zero-order chi connectivity index (χ0) is 20.4. The van der Waals surface area contributed by atoms with Crippen LogP contribution in [0.4, 0.5) is 0 Å². The number of carbonyl (C=O) groups is 4. The molecule has 2 rings (SSSR count). The minimum Gasteiger partial charge on any atom is -0.481 e. The van der Waals surface area contributed by atoms with Crippen LogP contribution in [0.3, 0.4) is 0 Å². The van der Waals surface area contributed by atoms with Gasteiger partial charge in [0.2, 0.25) is 5.78 Å². The van der Waals surface area contributed by atoms with Crippen LogP contribution in [-0.2, 0) is 14.3 Å². The van der Waals surface area contributed by atoms with Gasteiger partial charge >= 0.3 is 11.9 Å². The van der Waals surface area contributed by atoms with Crippen molar-refractivity contribution in [2.24, 2.45) is 0 Å². The number of ether oxygens (including phenoxy) is 1. The average Bonchev–Trinajstić information content (AvgIpc) is 2.67. The fourth-order valence-corrected chi connectivity index (χ4v) is 3.15. The maximum Gasteiger partial charge on any atom is 0.311 e. The molecule has 0 spiro atoms. The highest BCUT2D eigenvalue weighted by atomic mass is 16.5. The largest absolute Gasteiger partial charge is 0.481 e. The zero-order valence-corrected chi connectivity index (χ0v) is 15.9. The van der Waals surface area contributed by atoms with Crippen LogP contribution >= 0.6 is 0 Å². The molecule has 150 valence electrons. The Morgan fingerprint density at radius 3 is 1.93 bits per heavy atom. The quantitative estimate of drug-likeness (QED) is 0.420. The van der Waals surface area contributed by atoms with Crippen molar-refractivity contribution < 1.29 is 29.0 Å². The van der Waals surface area contributed by atoms with Crippen molar-refractivity contribution in [2.75, 3.05) is 0 Å². The summed E-state index contributed by atoms with van der Waals surface area (Å²) in [6, 6.07) is 6.49. The van der Waals surface area contributed by atoms with Gasteiger partial charge in [0.15, 0.2) is 11.5 Å². The minimum atomic E-state index is -0.744. The summed E-state index contributed by atoms with van der Waals surface area (Å²) in [4.78, 5) is 46.7. The summed E-state index contributed by atoms with van der Waals surface area (Å²) in [5, 5.41) is 8.56. The standard InChI is InChI=1S/C22H26O6/c23-18-15-19(22(27)17-12-10-9-11-16(17)18)28-21(26)14-8-6-4-2-1-3-5-7-13-20(24)25/h9-12,15H,1-8,13-14H2,(H,24,25). The highest BCUT2D eigenvalue weighted by Crippen LogP contribution is 2.22. The number of Topliss-reactive ketones (excluding diaryl/α,β-unsaturated/α-hetero) is 1. The topological polar surface area (TPSA) is 97.7 Å². The molecule has 0 amide bonds. The first kappa shape index (κ1) is 21.5. The molecule has 0 aliphatic heterocycles.